The van der Waals surface area contributed by atoms with Crippen LogP contribution in [0, 0.1) is 0 Å². The van der Waals surface area contributed by atoms with E-state index in [-0.39, 0.29) is 12.2 Å². The minimum atomic E-state index is -4.37. The third-order valence-electron chi connectivity index (χ3n) is 0.965. The van der Waals surface area contributed by atoms with Crippen molar-refractivity contribution >= 4 is 5.97 Å². The number of rotatable bonds is 4. The summed E-state index contributed by atoms with van der Waals surface area (Å²) in [5.41, 5.74) is 0.233. The summed E-state index contributed by atoms with van der Waals surface area (Å²) in [5.74, 6) is -1.20. The predicted molar refractivity (Wildman–Crippen MR) is 38.3 cm³/mol. The number of carboxylic acid groups (broad SMARTS) is 1. The van der Waals surface area contributed by atoms with Crippen LogP contribution in [0.2, 0.25) is 0 Å². The maximum atomic E-state index is 11.5. The normalized spacial score (nSPS) is 13.1. The summed E-state index contributed by atoms with van der Waals surface area (Å²) in [4.78, 5) is 10.0. The number of carboxylic acids is 1. The highest BCUT2D eigenvalue weighted by Crippen LogP contribution is 2.14. The summed E-state index contributed by atoms with van der Waals surface area (Å²) in [6.07, 6.45) is -3.57. The molecule has 0 atom stereocenters. The van der Waals surface area contributed by atoms with Crippen LogP contribution < -0.4 is 0 Å². The van der Waals surface area contributed by atoms with Crippen LogP contribution >= 0.6 is 0 Å². The molecule has 0 saturated heterocycles. The van der Waals surface area contributed by atoms with E-state index in [1.54, 1.807) is 0 Å². The molecule has 0 amide bonds. The third kappa shape index (κ3) is 8.87. The minimum Gasteiger partial charge on any atom is -0.478 e. The molecule has 13 heavy (non-hydrogen) atoms. The molecule has 0 spiro atoms. The van der Waals surface area contributed by atoms with Crippen LogP contribution in [0.3, 0.4) is 0 Å². The van der Waals surface area contributed by atoms with E-state index in [4.69, 9.17) is 5.11 Å². The van der Waals surface area contributed by atoms with Gasteiger partial charge in [-0.05, 0) is 12.5 Å². The number of hydrogen-bond acceptors (Lipinski definition) is 2. The van der Waals surface area contributed by atoms with E-state index >= 15 is 0 Å². The highest BCUT2D eigenvalue weighted by atomic mass is 19.4. The zero-order valence-electron chi connectivity index (χ0n) is 6.89. The lowest BCUT2D eigenvalue weighted by Crippen LogP contribution is -2.17. The molecule has 0 aliphatic heterocycles. The number of halogens is 3. The van der Waals surface area contributed by atoms with Crippen molar-refractivity contribution in [2.24, 2.45) is 0 Å². The van der Waals surface area contributed by atoms with Gasteiger partial charge in [0.1, 0.15) is 6.61 Å². The van der Waals surface area contributed by atoms with Crippen molar-refractivity contribution < 1.29 is 27.8 Å². The van der Waals surface area contributed by atoms with Crippen molar-refractivity contribution in [3.8, 4) is 0 Å². The molecule has 0 fully saturated rings. The second-order valence-electron chi connectivity index (χ2n) is 2.44. The van der Waals surface area contributed by atoms with Gasteiger partial charge in [-0.15, -0.1) is 0 Å². The largest absolute Gasteiger partial charge is 0.478 e. The molecule has 0 bridgehead atoms. The Bertz CT molecular complexity index is 208. The first-order chi connectivity index (χ1) is 5.81. The fourth-order valence-electron chi connectivity index (χ4n) is 0.580. The van der Waals surface area contributed by atoms with Gasteiger partial charge < -0.3 is 9.84 Å². The van der Waals surface area contributed by atoms with Gasteiger partial charge in [0, 0.05) is 6.08 Å². The Balaban J connectivity index is 3.72. The fraction of sp³-hybridized carbons (Fsp3) is 0.571. The average molecular weight is 198 g/mol. The number of alkyl halides is 3. The molecule has 76 valence electrons. The number of ether oxygens (including phenoxy) is 1. The highest BCUT2D eigenvalue weighted by Gasteiger charge is 2.27. The topological polar surface area (TPSA) is 46.5 Å². The molecule has 0 aliphatic carbocycles. The smallest absolute Gasteiger partial charge is 0.411 e. The first-order valence-electron chi connectivity index (χ1n) is 3.36. The van der Waals surface area contributed by atoms with Crippen molar-refractivity contribution in [1.29, 1.82) is 0 Å². The van der Waals surface area contributed by atoms with E-state index < -0.39 is 18.8 Å². The molecular formula is C7H9F3O3. The number of hydrogen-bond donors (Lipinski definition) is 1. The number of aliphatic carboxylic acids is 1. The quantitative estimate of drug-likeness (QED) is 0.698. The average Bonchev–Trinajstić information content (AvgIpc) is 1.81. The van der Waals surface area contributed by atoms with Crippen LogP contribution in [0.5, 0.6) is 0 Å². The van der Waals surface area contributed by atoms with Crippen LogP contribution in [-0.2, 0) is 9.53 Å². The van der Waals surface area contributed by atoms with Gasteiger partial charge in [0.15, 0.2) is 0 Å². The maximum Gasteiger partial charge on any atom is 0.411 e. The molecule has 0 rings (SSSR count). The van der Waals surface area contributed by atoms with Crippen molar-refractivity contribution in [1.82, 2.24) is 0 Å². The van der Waals surface area contributed by atoms with Crippen molar-refractivity contribution in [2.45, 2.75) is 13.1 Å². The summed E-state index contributed by atoms with van der Waals surface area (Å²) in [6, 6.07) is 0. The van der Waals surface area contributed by atoms with Crippen molar-refractivity contribution in [2.75, 3.05) is 13.2 Å². The Morgan fingerprint density at radius 2 is 2.08 bits per heavy atom. The van der Waals surface area contributed by atoms with Gasteiger partial charge in [0.25, 0.3) is 0 Å². The Kier molecular flexibility index (Phi) is 4.47. The van der Waals surface area contributed by atoms with Crippen molar-refractivity contribution in [3.05, 3.63) is 11.6 Å². The first-order valence-corrected chi connectivity index (χ1v) is 3.36. The van der Waals surface area contributed by atoms with Gasteiger partial charge >= 0.3 is 12.1 Å². The molecular weight excluding hydrogens is 189 g/mol. The molecule has 0 aromatic carbocycles. The van der Waals surface area contributed by atoms with Crippen LogP contribution in [0.4, 0.5) is 13.2 Å². The minimum absolute atomic E-state index is 0.233. The Morgan fingerprint density at radius 3 is 2.46 bits per heavy atom. The van der Waals surface area contributed by atoms with Gasteiger partial charge in [0.2, 0.25) is 0 Å². The van der Waals surface area contributed by atoms with Crippen LogP contribution in [-0.4, -0.2) is 30.5 Å². The van der Waals surface area contributed by atoms with E-state index in [0.717, 1.165) is 6.08 Å². The summed E-state index contributed by atoms with van der Waals surface area (Å²) in [7, 11) is 0. The zero-order valence-corrected chi connectivity index (χ0v) is 6.89. The Labute approximate surface area is 72.8 Å². The summed E-state index contributed by atoms with van der Waals surface area (Å²) in [5, 5.41) is 8.19. The zero-order chi connectivity index (χ0) is 10.5. The molecule has 0 aromatic rings. The predicted octanol–water partition coefficient (Wildman–Crippen LogP) is 1.60. The molecule has 0 saturated carbocycles. The summed E-state index contributed by atoms with van der Waals surface area (Å²) < 4.78 is 38.7. The lowest BCUT2D eigenvalue weighted by atomic mass is 10.3. The van der Waals surface area contributed by atoms with Crippen LogP contribution in [0.25, 0.3) is 0 Å². The van der Waals surface area contributed by atoms with E-state index in [1.807, 2.05) is 0 Å². The molecule has 0 radical (unpaired) electrons. The Hall–Kier alpha value is -1.04. The molecule has 0 heterocycles. The van der Waals surface area contributed by atoms with Crippen molar-refractivity contribution in [3.63, 3.8) is 0 Å². The number of carbonyl (C=O) groups is 1. The summed E-state index contributed by atoms with van der Waals surface area (Å²) >= 11 is 0. The maximum absolute atomic E-state index is 11.5. The van der Waals surface area contributed by atoms with Crippen LogP contribution in [0.15, 0.2) is 11.6 Å². The second kappa shape index (κ2) is 4.86. The van der Waals surface area contributed by atoms with Gasteiger partial charge in [-0.25, -0.2) is 4.79 Å². The van der Waals surface area contributed by atoms with E-state index in [0.29, 0.717) is 0 Å². The third-order valence-corrected chi connectivity index (χ3v) is 0.965. The monoisotopic (exact) mass is 198 g/mol. The van der Waals surface area contributed by atoms with Gasteiger partial charge in [0.05, 0.1) is 6.61 Å². The second-order valence-corrected chi connectivity index (χ2v) is 2.44. The molecule has 0 aromatic heterocycles. The van der Waals surface area contributed by atoms with E-state index in [1.165, 1.54) is 6.92 Å². The molecule has 6 heteroatoms. The standard InChI is InChI=1S/C7H9F3O3/c1-5(2-6(11)12)3-13-4-7(8,9)10/h2H,3-4H2,1H3,(H,11,12). The molecule has 3 nitrogen and oxygen atoms in total. The lowest BCUT2D eigenvalue weighted by Gasteiger charge is -2.06. The fourth-order valence-corrected chi connectivity index (χ4v) is 0.580. The molecule has 0 aliphatic rings. The van der Waals surface area contributed by atoms with E-state index in [2.05, 4.69) is 4.74 Å². The van der Waals surface area contributed by atoms with E-state index in [9.17, 15) is 18.0 Å². The highest BCUT2D eigenvalue weighted by molar-refractivity contribution is 5.80. The first kappa shape index (κ1) is 12.0. The molecule has 1 N–H and O–H groups in total. The van der Waals surface area contributed by atoms with Gasteiger partial charge in [-0.2, -0.15) is 13.2 Å². The SMILES string of the molecule is CC(=CC(=O)O)COCC(F)(F)F. The molecule has 0 unspecified atom stereocenters. The Morgan fingerprint density at radius 1 is 1.54 bits per heavy atom. The van der Waals surface area contributed by atoms with Crippen LogP contribution in [0.1, 0.15) is 6.92 Å². The van der Waals surface area contributed by atoms with Gasteiger partial charge in [-0.1, -0.05) is 0 Å². The summed E-state index contributed by atoms with van der Waals surface area (Å²) in [6.45, 7) is -0.311. The lowest BCUT2D eigenvalue weighted by molar-refractivity contribution is -0.171. The van der Waals surface area contributed by atoms with Gasteiger partial charge in [-0.3, -0.25) is 0 Å².